The Labute approximate surface area is 227 Å². The second-order valence-corrected chi connectivity index (χ2v) is 10.4. The fraction of sp³-hybridized carbons (Fsp3) is 0.103. The number of anilines is 1. The average Bonchev–Trinajstić information content (AvgIpc) is 3.35. The van der Waals surface area contributed by atoms with Gasteiger partial charge in [-0.05, 0) is 93.6 Å². The molecule has 1 N–H and O–H groups in total. The van der Waals surface area contributed by atoms with Crippen molar-refractivity contribution in [1.82, 2.24) is 15.1 Å². The number of thioether (sulfide) groups is 1. The summed E-state index contributed by atoms with van der Waals surface area (Å²) in [6.07, 6.45) is 3.60. The lowest BCUT2D eigenvalue weighted by molar-refractivity contribution is 0.102. The molecule has 37 heavy (non-hydrogen) atoms. The van der Waals surface area contributed by atoms with Crippen LogP contribution in [0.1, 0.15) is 27.4 Å². The number of aromatic nitrogens is 3. The zero-order chi connectivity index (χ0) is 25.8. The number of benzene rings is 3. The normalized spacial score (nSPS) is 10.9. The Morgan fingerprint density at radius 3 is 2.38 bits per heavy atom. The molecule has 0 radical (unpaired) electrons. The highest BCUT2D eigenvalue weighted by molar-refractivity contribution is 9.10. The van der Waals surface area contributed by atoms with Gasteiger partial charge < -0.3 is 9.84 Å². The van der Waals surface area contributed by atoms with Crippen molar-refractivity contribution in [3.05, 3.63) is 112 Å². The third kappa shape index (κ3) is 5.98. The molecule has 2 aromatic heterocycles. The Kier molecular flexibility index (Phi) is 7.48. The van der Waals surface area contributed by atoms with Crippen LogP contribution in [0.5, 0.6) is 0 Å². The Balaban J connectivity index is 1.24. The van der Waals surface area contributed by atoms with Gasteiger partial charge in [0.05, 0.1) is 0 Å². The number of nitrogens with zero attached hydrogens (tertiary/aromatic N) is 3. The fourth-order valence-electron chi connectivity index (χ4n) is 3.88. The van der Waals surface area contributed by atoms with E-state index in [1.54, 1.807) is 31.1 Å². The second kappa shape index (κ2) is 11.1. The summed E-state index contributed by atoms with van der Waals surface area (Å²) >= 11 is 5.36. The quantitative estimate of drug-likeness (QED) is 0.202. The van der Waals surface area contributed by atoms with E-state index < -0.39 is 0 Å². The molecule has 0 unspecified atom stereocenters. The Morgan fingerprint density at radius 1 is 0.946 bits per heavy atom. The van der Waals surface area contributed by atoms with Crippen LogP contribution in [0.3, 0.4) is 0 Å². The molecular formula is C29H23BrN4O2S. The molecule has 0 bridgehead atoms. The lowest BCUT2D eigenvalue weighted by atomic mass is 9.97. The maximum absolute atomic E-state index is 12.9. The molecule has 184 valence electrons. The summed E-state index contributed by atoms with van der Waals surface area (Å²) < 4.78 is 6.03. The number of aryl methyl sites for hydroxylation is 2. The van der Waals surface area contributed by atoms with Crippen LogP contribution in [-0.4, -0.2) is 21.0 Å². The van der Waals surface area contributed by atoms with Gasteiger partial charge >= 0.3 is 0 Å². The summed E-state index contributed by atoms with van der Waals surface area (Å²) in [6.45, 7) is 3.82. The number of amides is 1. The van der Waals surface area contributed by atoms with Gasteiger partial charge in [0.15, 0.2) is 0 Å². The summed E-state index contributed by atoms with van der Waals surface area (Å²) in [6, 6.07) is 23.5. The second-order valence-electron chi connectivity index (χ2n) is 8.49. The van der Waals surface area contributed by atoms with E-state index in [0.29, 0.717) is 17.3 Å². The van der Waals surface area contributed by atoms with Crippen molar-refractivity contribution < 1.29 is 9.32 Å². The van der Waals surface area contributed by atoms with Gasteiger partial charge in [-0.3, -0.25) is 9.78 Å². The standard InChI is InChI=1S/C29H23BrN4O2S/c1-18-15-23(28-32-19(2)36-34-28)7-9-25(18)21-3-5-22(6-4-21)29(35)33-24-8-10-27(26(30)16-24)37-17-20-11-13-31-14-12-20/h3-16H,17H2,1-2H3,(H,33,35). The molecule has 0 spiro atoms. The van der Waals surface area contributed by atoms with E-state index in [2.05, 4.69) is 36.4 Å². The van der Waals surface area contributed by atoms with Crippen LogP contribution < -0.4 is 5.32 Å². The highest BCUT2D eigenvalue weighted by atomic mass is 79.9. The monoisotopic (exact) mass is 570 g/mol. The summed E-state index contributed by atoms with van der Waals surface area (Å²) in [5.41, 5.74) is 6.64. The van der Waals surface area contributed by atoms with Crippen molar-refractivity contribution in [2.24, 2.45) is 0 Å². The number of carbonyl (C=O) groups is 1. The molecule has 5 rings (SSSR count). The maximum Gasteiger partial charge on any atom is 0.255 e. The van der Waals surface area contributed by atoms with Crippen molar-refractivity contribution in [3.63, 3.8) is 0 Å². The molecule has 3 aromatic carbocycles. The van der Waals surface area contributed by atoms with E-state index in [4.69, 9.17) is 4.52 Å². The van der Waals surface area contributed by atoms with E-state index in [1.165, 1.54) is 5.56 Å². The number of halogens is 1. The first-order valence-corrected chi connectivity index (χ1v) is 13.4. The zero-order valence-corrected chi connectivity index (χ0v) is 22.6. The first kappa shape index (κ1) is 24.9. The minimum absolute atomic E-state index is 0.157. The van der Waals surface area contributed by atoms with Crippen LogP contribution in [0.4, 0.5) is 5.69 Å². The van der Waals surface area contributed by atoms with Gasteiger partial charge in [0, 0.05) is 51.3 Å². The molecule has 0 aliphatic rings. The van der Waals surface area contributed by atoms with Crippen molar-refractivity contribution in [2.75, 3.05) is 5.32 Å². The molecule has 0 aliphatic carbocycles. The van der Waals surface area contributed by atoms with E-state index >= 15 is 0 Å². The molecule has 8 heteroatoms. The minimum atomic E-state index is -0.157. The lowest BCUT2D eigenvalue weighted by Crippen LogP contribution is -2.11. The predicted molar refractivity (Wildman–Crippen MR) is 151 cm³/mol. The highest BCUT2D eigenvalue weighted by Crippen LogP contribution is 2.32. The van der Waals surface area contributed by atoms with Gasteiger partial charge in [0.25, 0.3) is 5.91 Å². The molecule has 2 heterocycles. The SMILES string of the molecule is Cc1nc(-c2ccc(-c3ccc(C(=O)Nc4ccc(SCc5ccncc5)c(Br)c4)cc3)c(C)c2)no1. The van der Waals surface area contributed by atoms with Crippen LogP contribution >= 0.6 is 27.7 Å². The molecule has 0 saturated heterocycles. The molecule has 0 saturated carbocycles. The number of hydrogen-bond donors (Lipinski definition) is 1. The Bertz CT molecular complexity index is 1550. The van der Waals surface area contributed by atoms with Crippen LogP contribution in [0, 0.1) is 13.8 Å². The summed E-state index contributed by atoms with van der Waals surface area (Å²) in [7, 11) is 0. The number of nitrogens with one attached hydrogen (secondary N) is 1. The molecule has 5 aromatic rings. The van der Waals surface area contributed by atoms with Crippen LogP contribution in [-0.2, 0) is 5.75 Å². The van der Waals surface area contributed by atoms with Gasteiger partial charge in [-0.25, -0.2) is 0 Å². The smallest absolute Gasteiger partial charge is 0.255 e. The van der Waals surface area contributed by atoms with Gasteiger partial charge in [-0.2, -0.15) is 4.98 Å². The Hall–Kier alpha value is -3.75. The number of carbonyl (C=O) groups excluding carboxylic acids is 1. The third-order valence-electron chi connectivity index (χ3n) is 5.80. The molecule has 6 nitrogen and oxygen atoms in total. The minimum Gasteiger partial charge on any atom is -0.339 e. The zero-order valence-electron chi connectivity index (χ0n) is 20.2. The van der Waals surface area contributed by atoms with Crippen molar-refractivity contribution in [2.45, 2.75) is 24.5 Å². The van der Waals surface area contributed by atoms with E-state index in [9.17, 15) is 4.79 Å². The van der Waals surface area contributed by atoms with Gasteiger partial charge in [0.1, 0.15) is 0 Å². The number of rotatable bonds is 7. The van der Waals surface area contributed by atoms with Gasteiger partial charge in [0.2, 0.25) is 11.7 Å². The summed E-state index contributed by atoms with van der Waals surface area (Å²) in [4.78, 5) is 22.3. The first-order chi connectivity index (χ1) is 18.0. The summed E-state index contributed by atoms with van der Waals surface area (Å²) in [5.74, 6) is 1.80. The third-order valence-corrected chi connectivity index (χ3v) is 7.87. The molecule has 0 fully saturated rings. The van der Waals surface area contributed by atoms with Crippen LogP contribution in [0.15, 0.2) is 99.1 Å². The van der Waals surface area contributed by atoms with E-state index in [0.717, 1.165) is 43.1 Å². The number of hydrogen-bond acceptors (Lipinski definition) is 6. The number of pyridine rings is 1. The maximum atomic E-state index is 12.9. The molecule has 0 atom stereocenters. The fourth-order valence-corrected chi connectivity index (χ4v) is 5.48. The van der Waals surface area contributed by atoms with Crippen molar-refractivity contribution in [3.8, 4) is 22.5 Å². The van der Waals surface area contributed by atoms with Gasteiger partial charge in [-0.1, -0.05) is 29.4 Å². The van der Waals surface area contributed by atoms with Crippen molar-refractivity contribution >= 4 is 39.3 Å². The largest absolute Gasteiger partial charge is 0.339 e. The molecule has 0 aliphatic heterocycles. The summed E-state index contributed by atoms with van der Waals surface area (Å²) in [5, 5.41) is 6.98. The topological polar surface area (TPSA) is 80.9 Å². The van der Waals surface area contributed by atoms with E-state index in [-0.39, 0.29) is 5.91 Å². The molecular weight excluding hydrogens is 548 g/mol. The van der Waals surface area contributed by atoms with Crippen molar-refractivity contribution in [1.29, 1.82) is 0 Å². The van der Waals surface area contributed by atoms with E-state index in [1.807, 2.05) is 79.7 Å². The van der Waals surface area contributed by atoms with Gasteiger partial charge in [-0.15, -0.1) is 11.8 Å². The van der Waals surface area contributed by atoms with Crippen LogP contribution in [0.2, 0.25) is 0 Å². The molecule has 1 amide bonds. The predicted octanol–water partition coefficient (Wildman–Crippen LogP) is 7.72. The Morgan fingerprint density at radius 2 is 1.70 bits per heavy atom. The lowest BCUT2D eigenvalue weighted by Gasteiger charge is -2.11. The average molecular weight is 572 g/mol. The van der Waals surface area contributed by atoms with Crippen LogP contribution in [0.25, 0.3) is 22.5 Å². The first-order valence-electron chi connectivity index (χ1n) is 11.6. The highest BCUT2D eigenvalue weighted by Gasteiger charge is 2.12.